The Kier molecular flexibility index (Phi) is 4.74. The van der Waals surface area contributed by atoms with Gasteiger partial charge in [-0.3, -0.25) is 4.55 Å². The fourth-order valence-electron chi connectivity index (χ4n) is 0.855. The lowest BCUT2D eigenvalue weighted by molar-refractivity contribution is 0.453. The molecule has 0 amide bonds. The molecule has 0 aromatic carbocycles. The van der Waals surface area contributed by atoms with E-state index in [9.17, 15) is 8.42 Å². The molecular weight excluding hydrogens is 178 g/mol. The summed E-state index contributed by atoms with van der Waals surface area (Å²) in [6.45, 7) is 6.36. The zero-order valence-electron chi connectivity index (χ0n) is 7.74. The molecule has 0 aliphatic carbocycles. The van der Waals surface area contributed by atoms with Gasteiger partial charge in [-0.15, -0.1) is 0 Å². The predicted octanol–water partition coefficient (Wildman–Crippen LogP) is 0.508. The molecule has 2 N–H and O–H groups in total. The van der Waals surface area contributed by atoms with Crippen molar-refractivity contribution < 1.29 is 13.0 Å². The van der Waals surface area contributed by atoms with Crippen LogP contribution < -0.4 is 5.32 Å². The number of hydrogen-bond acceptors (Lipinski definition) is 3. The molecule has 0 heterocycles. The average molecular weight is 195 g/mol. The number of rotatable bonds is 5. The van der Waals surface area contributed by atoms with Crippen molar-refractivity contribution in [2.24, 2.45) is 5.92 Å². The molecular formula is C7H17NO3S. The van der Waals surface area contributed by atoms with Crippen molar-refractivity contribution in [3.63, 3.8) is 0 Å². The van der Waals surface area contributed by atoms with Crippen molar-refractivity contribution >= 4 is 10.1 Å². The minimum atomic E-state index is -3.81. The monoisotopic (exact) mass is 195 g/mol. The summed E-state index contributed by atoms with van der Waals surface area (Å²) >= 11 is 0. The lowest BCUT2D eigenvalue weighted by atomic mass is 10.2. The van der Waals surface area contributed by atoms with Crippen molar-refractivity contribution in [3.8, 4) is 0 Å². The highest BCUT2D eigenvalue weighted by atomic mass is 32.2. The van der Waals surface area contributed by atoms with Gasteiger partial charge in [0.15, 0.2) is 0 Å². The Morgan fingerprint density at radius 3 is 2.17 bits per heavy atom. The molecule has 0 aliphatic rings. The molecule has 0 unspecified atom stereocenters. The molecule has 0 spiro atoms. The number of nitrogens with one attached hydrogen (secondary N) is 1. The summed E-state index contributed by atoms with van der Waals surface area (Å²) < 4.78 is 29.3. The van der Waals surface area contributed by atoms with Crippen LogP contribution in [0.25, 0.3) is 0 Å². The third-order valence-electron chi connectivity index (χ3n) is 1.37. The summed E-state index contributed by atoms with van der Waals surface area (Å²) in [4.78, 5) is 0. The molecule has 0 aromatic heterocycles. The Balaban J connectivity index is 3.68. The standard InChI is InChI=1S/C7H17NO3S/c1-6(2)8-4-7(3)5-12(9,10)11/h6-8H,4-5H2,1-3H3,(H,9,10,11)/t7-/m0/s1. The lowest BCUT2D eigenvalue weighted by Crippen LogP contribution is -2.30. The Labute approximate surface area is 74.1 Å². The van der Waals surface area contributed by atoms with E-state index in [1.165, 1.54) is 0 Å². The minimum absolute atomic E-state index is 0.0533. The first kappa shape index (κ1) is 11.9. The molecule has 12 heavy (non-hydrogen) atoms. The van der Waals surface area contributed by atoms with Gasteiger partial charge in [0, 0.05) is 6.04 Å². The van der Waals surface area contributed by atoms with Gasteiger partial charge in [-0.05, 0) is 12.5 Å². The largest absolute Gasteiger partial charge is 0.314 e. The summed E-state index contributed by atoms with van der Waals surface area (Å²) in [7, 11) is -3.81. The maximum Gasteiger partial charge on any atom is 0.265 e. The molecule has 0 radical (unpaired) electrons. The molecule has 0 rings (SSSR count). The van der Waals surface area contributed by atoms with Crippen LogP contribution in [0.15, 0.2) is 0 Å². The molecule has 1 atom stereocenters. The summed E-state index contributed by atoms with van der Waals surface area (Å²) in [5, 5.41) is 3.09. The summed E-state index contributed by atoms with van der Waals surface area (Å²) in [5.41, 5.74) is 0. The highest BCUT2D eigenvalue weighted by Gasteiger charge is 2.11. The maximum absolute atomic E-state index is 10.4. The molecule has 0 fully saturated rings. The Morgan fingerprint density at radius 2 is 1.83 bits per heavy atom. The highest BCUT2D eigenvalue weighted by Crippen LogP contribution is 1.97. The second kappa shape index (κ2) is 4.79. The van der Waals surface area contributed by atoms with E-state index in [4.69, 9.17) is 4.55 Å². The third-order valence-corrected chi connectivity index (χ3v) is 2.36. The molecule has 0 saturated heterocycles. The lowest BCUT2D eigenvalue weighted by Gasteiger charge is -2.12. The maximum atomic E-state index is 10.4. The van der Waals surface area contributed by atoms with Gasteiger partial charge in [0.05, 0.1) is 5.75 Å². The van der Waals surface area contributed by atoms with Crippen LogP contribution in [0.1, 0.15) is 20.8 Å². The van der Waals surface area contributed by atoms with Gasteiger partial charge in [-0.1, -0.05) is 20.8 Å². The fraction of sp³-hybridized carbons (Fsp3) is 1.00. The van der Waals surface area contributed by atoms with Crippen LogP contribution in [0.5, 0.6) is 0 Å². The first-order valence-corrected chi connectivity index (χ1v) is 5.60. The van der Waals surface area contributed by atoms with Gasteiger partial charge in [-0.25, -0.2) is 0 Å². The highest BCUT2D eigenvalue weighted by molar-refractivity contribution is 7.85. The molecule has 4 nitrogen and oxygen atoms in total. The van der Waals surface area contributed by atoms with E-state index in [0.29, 0.717) is 12.6 Å². The van der Waals surface area contributed by atoms with Crippen LogP contribution in [0.2, 0.25) is 0 Å². The molecule has 5 heteroatoms. The summed E-state index contributed by atoms with van der Waals surface area (Å²) in [5.74, 6) is -0.227. The topological polar surface area (TPSA) is 66.4 Å². The van der Waals surface area contributed by atoms with Crippen molar-refractivity contribution in [1.82, 2.24) is 5.32 Å². The molecule has 0 aliphatic heterocycles. The van der Waals surface area contributed by atoms with Gasteiger partial charge < -0.3 is 5.32 Å². The van der Waals surface area contributed by atoms with E-state index < -0.39 is 10.1 Å². The van der Waals surface area contributed by atoms with Crippen LogP contribution in [0, 0.1) is 5.92 Å². The SMILES string of the molecule is CC(C)NC[C@H](C)CS(=O)(=O)O. The molecule has 0 saturated carbocycles. The van der Waals surface area contributed by atoms with Crippen molar-refractivity contribution in [2.45, 2.75) is 26.8 Å². The van der Waals surface area contributed by atoms with Gasteiger partial charge in [-0.2, -0.15) is 8.42 Å². The van der Waals surface area contributed by atoms with E-state index >= 15 is 0 Å². The third kappa shape index (κ3) is 7.97. The van der Waals surface area contributed by atoms with E-state index in [0.717, 1.165) is 0 Å². The fourth-order valence-corrected chi connectivity index (χ4v) is 1.69. The van der Waals surface area contributed by atoms with Crippen LogP contribution in [-0.4, -0.2) is 31.3 Å². The van der Waals surface area contributed by atoms with Gasteiger partial charge >= 0.3 is 0 Å². The molecule has 0 bridgehead atoms. The van der Waals surface area contributed by atoms with Crippen molar-refractivity contribution in [2.75, 3.05) is 12.3 Å². The van der Waals surface area contributed by atoms with Gasteiger partial charge in [0.2, 0.25) is 0 Å². The van der Waals surface area contributed by atoms with E-state index in [1.807, 2.05) is 13.8 Å². The Bertz CT molecular complexity index is 211. The van der Waals surface area contributed by atoms with E-state index in [1.54, 1.807) is 6.92 Å². The average Bonchev–Trinajstić information content (AvgIpc) is 1.79. The van der Waals surface area contributed by atoms with Crippen molar-refractivity contribution in [3.05, 3.63) is 0 Å². The second-order valence-electron chi connectivity index (χ2n) is 3.42. The zero-order valence-corrected chi connectivity index (χ0v) is 8.56. The smallest absolute Gasteiger partial charge is 0.265 e. The summed E-state index contributed by atoms with van der Waals surface area (Å²) in [6, 6.07) is 0.342. The summed E-state index contributed by atoms with van der Waals surface area (Å²) in [6.07, 6.45) is 0. The van der Waals surface area contributed by atoms with Crippen LogP contribution in [0.3, 0.4) is 0 Å². The zero-order chi connectivity index (χ0) is 9.78. The first-order valence-electron chi connectivity index (χ1n) is 4.00. The van der Waals surface area contributed by atoms with E-state index in [-0.39, 0.29) is 11.7 Å². The molecule has 74 valence electrons. The normalized spacial score (nSPS) is 15.1. The Hall–Kier alpha value is -0.130. The van der Waals surface area contributed by atoms with E-state index in [2.05, 4.69) is 5.32 Å². The van der Waals surface area contributed by atoms with Gasteiger partial charge in [0.1, 0.15) is 0 Å². The predicted molar refractivity (Wildman–Crippen MR) is 48.7 cm³/mol. The van der Waals surface area contributed by atoms with Crippen LogP contribution in [-0.2, 0) is 10.1 Å². The van der Waals surface area contributed by atoms with Gasteiger partial charge in [0.25, 0.3) is 10.1 Å². The van der Waals surface area contributed by atoms with Crippen LogP contribution >= 0.6 is 0 Å². The number of hydrogen-bond donors (Lipinski definition) is 2. The van der Waals surface area contributed by atoms with Crippen molar-refractivity contribution in [1.29, 1.82) is 0 Å². The molecule has 0 aromatic rings. The first-order chi connectivity index (χ1) is 5.31. The Morgan fingerprint density at radius 1 is 1.33 bits per heavy atom. The second-order valence-corrected chi connectivity index (χ2v) is 4.91. The van der Waals surface area contributed by atoms with Crippen LogP contribution in [0.4, 0.5) is 0 Å². The quantitative estimate of drug-likeness (QED) is 0.627. The minimum Gasteiger partial charge on any atom is -0.314 e.